The van der Waals surface area contributed by atoms with E-state index < -0.39 is 0 Å². The van der Waals surface area contributed by atoms with Crippen molar-refractivity contribution >= 4 is 103 Å². The van der Waals surface area contributed by atoms with Gasteiger partial charge in [-0.15, -0.1) is 11.3 Å². The number of fused-ring (bicyclic) bond motifs is 13. The molecule has 13 rings (SSSR count). The summed E-state index contributed by atoms with van der Waals surface area (Å²) in [4.78, 5) is 2.44. The van der Waals surface area contributed by atoms with Gasteiger partial charge in [0.15, 0.2) is 0 Å². The summed E-state index contributed by atoms with van der Waals surface area (Å²) < 4.78 is 16.3. The second kappa shape index (κ2) is 12.0. The van der Waals surface area contributed by atoms with Crippen LogP contribution in [-0.4, -0.2) is 0 Å². The summed E-state index contributed by atoms with van der Waals surface area (Å²) in [6, 6.07) is 63.8. The van der Waals surface area contributed by atoms with Crippen molar-refractivity contribution in [2.75, 3.05) is 4.90 Å². The van der Waals surface area contributed by atoms with Crippen molar-refractivity contribution in [2.45, 2.75) is 19.3 Å². The Morgan fingerprint density at radius 3 is 2.03 bits per heavy atom. The van der Waals surface area contributed by atoms with Crippen molar-refractivity contribution in [2.24, 2.45) is 0 Å². The van der Waals surface area contributed by atoms with Gasteiger partial charge in [0.25, 0.3) is 0 Å². The summed E-state index contributed by atoms with van der Waals surface area (Å²) in [5, 5.41) is 9.23. The number of rotatable bonds is 4. The van der Waals surface area contributed by atoms with Crippen LogP contribution in [0.1, 0.15) is 25.0 Å². The number of hydrogen-bond donors (Lipinski definition) is 0. The molecule has 4 heteroatoms. The van der Waals surface area contributed by atoms with E-state index in [0.29, 0.717) is 0 Å². The van der Waals surface area contributed by atoms with Gasteiger partial charge in [-0.1, -0.05) is 135 Å². The van der Waals surface area contributed by atoms with Crippen LogP contribution in [0.4, 0.5) is 17.1 Å². The molecule has 0 saturated heterocycles. The van der Waals surface area contributed by atoms with Crippen molar-refractivity contribution in [1.82, 2.24) is 0 Å². The number of thiophene rings is 1. The van der Waals surface area contributed by atoms with Crippen LogP contribution < -0.4 is 4.90 Å². The Morgan fingerprint density at radius 2 is 1.10 bits per heavy atom. The van der Waals surface area contributed by atoms with Crippen molar-refractivity contribution in [3.05, 3.63) is 187 Å². The van der Waals surface area contributed by atoms with E-state index >= 15 is 0 Å². The molecule has 0 radical (unpaired) electrons. The van der Waals surface area contributed by atoms with Crippen LogP contribution in [0.3, 0.4) is 0 Å². The molecule has 3 nitrogen and oxygen atoms in total. The number of anilines is 3. The molecule has 1 aliphatic rings. The minimum Gasteiger partial charge on any atom is -0.455 e. The van der Waals surface area contributed by atoms with Gasteiger partial charge in [0.05, 0.1) is 10.4 Å². The molecule has 3 heterocycles. The zero-order chi connectivity index (χ0) is 39.0. The maximum Gasteiger partial charge on any atom is 0.144 e. The summed E-state index contributed by atoms with van der Waals surface area (Å²) in [7, 11) is 0. The van der Waals surface area contributed by atoms with Crippen LogP contribution in [0.5, 0.6) is 0 Å². The minimum absolute atomic E-state index is 0.138. The SMILES string of the molecule is CC1(C)c2ccccc2-c2ccc(N(c3ccc4c(c3)oc3c(-c5cccc6c5oc5ccccc56)c5ccccc5cc34)c3cccc4c3sc3ccccc34)cc21. The first-order valence-electron chi connectivity index (χ1n) is 20.2. The Labute approximate surface area is 344 Å². The fourth-order valence-electron chi connectivity index (χ4n) is 10.1. The van der Waals surface area contributed by atoms with Gasteiger partial charge < -0.3 is 13.7 Å². The lowest BCUT2D eigenvalue weighted by Gasteiger charge is -2.28. The van der Waals surface area contributed by atoms with Crippen molar-refractivity contribution in [3.8, 4) is 22.3 Å². The van der Waals surface area contributed by atoms with Gasteiger partial charge in [-0.3, -0.25) is 0 Å². The lowest BCUT2D eigenvalue weighted by atomic mass is 9.82. The molecule has 0 fully saturated rings. The van der Waals surface area contributed by atoms with Gasteiger partial charge in [-0.2, -0.15) is 0 Å². The Hall–Kier alpha value is -7.14. The molecule has 0 amide bonds. The smallest absolute Gasteiger partial charge is 0.144 e. The molecule has 3 aromatic heterocycles. The first-order chi connectivity index (χ1) is 29.0. The minimum atomic E-state index is -0.138. The van der Waals surface area contributed by atoms with E-state index in [-0.39, 0.29) is 5.41 Å². The Kier molecular flexibility index (Phi) is 6.66. The Bertz CT molecular complexity index is 3730. The van der Waals surface area contributed by atoms with Crippen LogP contribution >= 0.6 is 11.3 Å². The summed E-state index contributed by atoms with van der Waals surface area (Å²) in [6.45, 7) is 4.71. The monoisotopic (exact) mass is 773 g/mol. The maximum atomic E-state index is 7.15. The topological polar surface area (TPSA) is 29.5 Å². The molecule has 0 atom stereocenters. The summed E-state index contributed by atoms with van der Waals surface area (Å²) in [6.07, 6.45) is 0. The fraction of sp³-hybridized carbons (Fsp3) is 0.0545. The number of nitrogens with zero attached hydrogens (tertiary/aromatic N) is 1. The van der Waals surface area contributed by atoms with Crippen LogP contribution in [0, 0.1) is 0 Å². The quantitative estimate of drug-likeness (QED) is 0.178. The van der Waals surface area contributed by atoms with Gasteiger partial charge in [-0.05, 0) is 81.6 Å². The highest BCUT2D eigenvalue weighted by Gasteiger charge is 2.36. The van der Waals surface area contributed by atoms with Gasteiger partial charge >= 0.3 is 0 Å². The first-order valence-corrected chi connectivity index (χ1v) is 21.1. The van der Waals surface area contributed by atoms with E-state index in [1.165, 1.54) is 42.4 Å². The van der Waals surface area contributed by atoms with Crippen molar-refractivity contribution in [3.63, 3.8) is 0 Å². The number of para-hydroxylation sites is 2. The lowest BCUT2D eigenvalue weighted by Crippen LogP contribution is -2.16. The highest BCUT2D eigenvalue weighted by atomic mass is 32.1. The third kappa shape index (κ3) is 4.58. The van der Waals surface area contributed by atoms with E-state index in [2.05, 4.69) is 183 Å². The number of hydrogen-bond acceptors (Lipinski definition) is 4. The highest BCUT2D eigenvalue weighted by Crippen LogP contribution is 2.53. The predicted molar refractivity (Wildman–Crippen MR) is 249 cm³/mol. The van der Waals surface area contributed by atoms with Gasteiger partial charge in [0, 0.05) is 71.0 Å². The standard InChI is InChI=1S/C55H35NO2S/c1-55(2)45-21-8-5-15-36(45)37-27-25-33(30-46(37)55)56(47-22-12-19-42-40-17-7-10-24-50(40)59-54(42)47)34-26-28-39-44-29-32-13-3-4-14-35(32)51(53(44)58-49(39)31-34)43-20-11-18-41-38-16-6-9-23-48(38)57-52(41)43/h3-31H,1-2H3. The van der Waals surface area contributed by atoms with E-state index in [1.54, 1.807) is 0 Å². The van der Waals surface area contributed by atoms with E-state index in [0.717, 1.165) is 82.8 Å². The number of furan rings is 2. The molecule has 0 saturated carbocycles. The second-order valence-corrected chi connectivity index (χ2v) is 17.5. The summed E-state index contributed by atoms with van der Waals surface area (Å²) >= 11 is 1.86. The average molecular weight is 774 g/mol. The van der Waals surface area contributed by atoms with Crippen LogP contribution in [0.15, 0.2) is 185 Å². The third-order valence-electron chi connectivity index (χ3n) is 12.9. The number of benzene rings is 9. The Balaban J connectivity index is 1.07. The van der Waals surface area contributed by atoms with Gasteiger partial charge in [-0.25, -0.2) is 0 Å². The van der Waals surface area contributed by atoms with Crippen molar-refractivity contribution < 1.29 is 8.83 Å². The largest absolute Gasteiger partial charge is 0.455 e. The maximum absolute atomic E-state index is 7.15. The third-order valence-corrected chi connectivity index (χ3v) is 14.1. The molecule has 0 unspecified atom stereocenters. The molecule has 0 bridgehead atoms. The van der Waals surface area contributed by atoms with E-state index in [9.17, 15) is 0 Å². The van der Waals surface area contributed by atoms with Crippen LogP contribution in [0.2, 0.25) is 0 Å². The van der Waals surface area contributed by atoms with Gasteiger partial charge in [0.2, 0.25) is 0 Å². The molecule has 0 N–H and O–H groups in total. The molecule has 0 aliphatic heterocycles. The Morgan fingerprint density at radius 1 is 0.441 bits per heavy atom. The predicted octanol–water partition coefficient (Wildman–Crippen LogP) is 16.4. The summed E-state index contributed by atoms with van der Waals surface area (Å²) in [5.74, 6) is 0. The molecule has 59 heavy (non-hydrogen) atoms. The lowest BCUT2D eigenvalue weighted by molar-refractivity contribution is 0.660. The van der Waals surface area contributed by atoms with E-state index in [1.807, 2.05) is 23.5 Å². The summed E-state index contributed by atoms with van der Waals surface area (Å²) in [5.41, 5.74) is 14.0. The van der Waals surface area contributed by atoms with Gasteiger partial charge in [0.1, 0.15) is 22.3 Å². The molecular formula is C55H35NO2S. The van der Waals surface area contributed by atoms with E-state index in [4.69, 9.17) is 8.83 Å². The fourth-order valence-corrected chi connectivity index (χ4v) is 11.3. The zero-order valence-electron chi connectivity index (χ0n) is 32.4. The first kappa shape index (κ1) is 32.9. The molecular weight excluding hydrogens is 739 g/mol. The molecule has 12 aromatic rings. The van der Waals surface area contributed by atoms with Crippen molar-refractivity contribution in [1.29, 1.82) is 0 Å². The van der Waals surface area contributed by atoms with Crippen LogP contribution in [0.25, 0.3) is 97.1 Å². The molecule has 0 spiro atoms. The second-order valence-electron chi connectivity index (χ2n) is 16.4. The molecule has 1 aliphatic carbocycles. The zero-order valence-corrected chi connectivity index (χ0v) is 33.2. The average Bonchev–Trinajstić information content (AvgIpc) is 4.01. The molecule has 9 aromatic carbocycles. The molecule has 278 valence electrons. The van der Waals surface area contributed by atoms with Crippen LogP contribution in [-0.2, 0) is 5.41 Å². The normalized spacial score (nSPS) is 13.4. The highest BCUT2D eigenvalue weighted by molar-refractivity contribution is 7.26.